The molecule has 0 radical (unpaired) electrons. The molecule has 0 saturated carbocycles. The molecule has 1 aromatic carbocycles. The molecule has 2 aromatic rings. The predicted molar refractivity (Wildman–Crippen MR) is 135 cm³/mol. The number of rotatable bonds is 6. The fourth-order valence-corrected chi connectivity index (χ4v) is 4.70. The van der Waals surface area contributed by atoms with Crippen LogP contribution >= 0.6 is 0 Å². The van der Waals surface area contributed by atoms with Gasteiger partial charge in [-0.15, -0.1) is 0 Å². The Kier molecular flexibility index (Phi) is 7.96. The largest absolute Gasteiger partial charge is 0.444 e. The summed E-state index contributed by atoms with van der Waals surface area (Å²) in [5.74, 6) is 0.409. The first-order chi connectivity index (χ1) is 16.7. The number of ether oxygens (including phenoxy) is 2. The molecule has 1 aromatic heterocycles. The molecule has 4 rings (SSSR count). The quantitative estimate of drug-likeness (QED) is 0.677. The van der Waals surface area contributed by atoms with Crippen LogP contribution in [0.4, 0.5) is 4.79 Å². The lowest BCUT2D eigenvalue weighted by Crippen LogP contribution is -2.42. The number of aryl methyl sites for hydroxylation is 1. The highest BCUT2D eigenvalue weighted by Gasteiger charge is 2.27. The minimum absolute atomic E-state index is 0.0417. The van der Waals surface area contributed by atoms with Gasteiger partial charge in [0.05, 0.1) is 18.7 Å². The van der Waals surface area contributed by atoms with Gasteiger partial charge in [-0.2, -0.15) is 5.10 Å². The van der Waals surface area contributed by atoms with Crippen LogP contribution in [0.2, 0.25) is 0 Å². The maximum atomic E-state index is 12.8. The van der Waals surface area contributed by atoms with Crippen molar-refractivity contribution in [1.29, 1.82) is 0 Å². The summed E-state index contributed by atoms with van der Waals surface area (Å²) in [6, 6.07) is 3.94. The van der Waals surface area contributed by atoms with Gasteiger partial charge in [-0.25, -0.2) is 4.79 Å². The average Bonchev–Trinajstić information content (AvgIpc) is 3.19. The van der Waals surface area contributed by atoms with Crippen molar-refractivity contribution in [2.75, 3.05) is 52.5 Å². The topological polar surface area (TPSA) is 88.9 Å². The summed E-state index contributed by atoms with van der Waals surface area (Å²) in [5.41, 5.74) is 2.06. The van der Waals surface area contributed by atoms with Gasteiger partial charge < -0.3 is 19.7 Å². The van der Waals surface area contributed by atoms with Crippen molar-refractivity contribution in [3.8, 4) is 0 Å². The summed E-state index contributed by atoms with van der Waals surface area (Å²) in [6.07, 6.45) is 3.64. The molecule has 9 heteroatoms. The Hall–Kier alpha value is -2.65. The number of morpholine rings is 1. The van der Waals surface area contributed by atoms with Crippen molar-refractivity contribution in [2.24, 2.45) is 5.92 Å². The number of hydrogen-bond donors (Lipinski definition) is 1. The lowest BCUT2D eigenvalue weighted by Gasteiger charge is -2.33. The smallest absolute Gasteiger partial charge is 0.410 e. The van der Waals surface area contributed by atoms with E-state index in [1.54, 1.807) is 4.90 Å². The predicted octanol–water partition coefficient (Wildman–Crippen LogP) is 3.05. The molecule has 2 amide bonds. The molecule has 0 aliphatic carbocycles. The molecule has 1 N–H and O–H groups in total. The molecule has 0 spiro atoms. The molecule has 192 valence electrons. The minimum atomic E-state index is -0.472. The van der Waals surface area contributed by atoms with E-state index in [1.165, 1.54) is 0 Å². The molecule has 9 nitrogen and oxygen atoms in total. The van der Waals surface area contributed by atoms with E-state index in [0.29, 0.717) is 31.1 Å². The van der Waals surface area contributed by atoms with Crippen LogP contribution < -0.4 is 5.32 Å². The molecular formula is C26H39N5O4. The molecule has 35 heavy (non-hydrogen) atoms. The number of piperidine rings is 1. The Bertz CT molecular complexity index is 1030. The molecule has 0 atom stereocenters. The van der Waals surface area contributed by atoms with Gasteiger partial charge in [-0.1, -0.05) is 0 Å². The summed E-state index contributed by atoms with van der Waals surface area (Å²) in [4.78, 5) is 29.2. The van der Waals surface area contributed by atoms with E-state index in [1.807, 2.05) is 50.7 Å². The Labute approximate surface area is 207 Å². The van der Waals surface area contributed by atoms with E-state index in [2.05, 4.69) is 10.2 Å². The van der Waals surface area contributed by atoms with Crippen LogP contribution in [0.25, 0.3) is 10.9 Å². The average molecular weight is 486 g/mol. The normalized spacial score (nSPS) is 18.1. The van der Waals surface area contributed by atoms with Gasteiger partial charge in [0.2, 0.25) is 0 Å². The zero-order valence-corrected chi connectivity index (χ0v) is 21.5. The summed E-state index contributed by atoms with van der Waals surface area (Å²) in [6.45, 7) is 14.7. The number of carbonyl (C=O) groups excluding carboxylic acids is 2. The lowest BCUT2D eigenvalue weighted by atomic mass is 9.97. The summed E-state index contributed by atoms with van der Waals surface area (Å²) < 4.78 is 12.9. The number of aromatic nitrogens is 2. The van der Waals surface area contributed by atoms with Crippen LogP contribution in [0.3, 0.4) is 0 Å². The van der Waals surface area contributed by atoms with Gasteiger partial charge in [0, 0.05) is 63.0 Å². The molecule has 2 saturated heterocycles. The van der Waals surface area contributed by atoms with Crippen LogP contribution in [0, 0.1) is 12.8 Å². The van der Waals surface area contributed by atoms with Crippen LogP contribution in [-0.2, 0) is 16.0 Å². The number of hydrogen-bond acceptors (Lipinski definition) is 6. The molecule has 3 heterocycles. The molecule has 2 fully saturated rings. The minimum Gasteiger partial charge on any atom is -0.444 e. The lowest BCUT2D eigenvalue weighted by molar-refractivity contribution is 0.0177. The SMILES string of the molecule is Cc1cc2nn(CC3CCN(C(=O)OC(C)(C)C)CC3)cc2cc1C(=O)NCCN1CCOCC1. The van der Waals surface area contributed by atoms with Crippen LogP contribution in [0.5, 0.6) is 0 Å². The first kappa shape index (κ1) is 25.4. The van der Waals surface area contributed by atoms with Crippen molar-refractivity contribution in [2.45, 2.75) is 52.7 Å². The second-order valence-electron chi connectivity index (χ2n) is 10.7. The molecule has 0 unspecified atom stereocenters. The van der Waals surface area contributed by atoms with E-state index in [-0.39, 0.29) is 12.0 Å². The van der Waals surface area contributed by atoms with Gasteiger partial charge >= 0.3 is 6.09 Å². The van der Waals surface area contributed by atoms with Gasteiger partial charge in [0.15, 0.2) is 0 Å². The fraction of sp³-hybridized carbons (Fsp3) is 0.654. The monoisotopic (exact) mass is 485 g/mol. The van der Waals surface area contributed by atoms with Gasteiger partial charge in [0.25, 0.3) is 5.91 Å². The Morgan fingerprint density at radius 3 is 2.54 bits per heavy atom. The highest BCUT2D eigenvalue weighted by molar-refractivity contribution is 5.99. The van der Waals surface area contributed by atoms with Crippen LogP contribution in [-0.4, -0.2) is 89.7 Å². The van der Waals surface area contributed by atoms with E-state index >= 15 is 0 Å². The fourth-order valence-electron chi connectivity index (χ4n) is 4.70. The van der Waals surface area contributed by atoms with Gasteiger partial charge in [0.1, 0.15) is 5.60 Å². The van der Waals surface area contributed by atoms with E-state index in [4.69, 9.17) is 14.6 Å². The first-order valence-corrected chi connectivity index (χ1v) is 12.7. The number of nitrogens with one attached hydrogen (secondary N) is 1. The highest BCUT2D eigenvalue weighted by atomic mass is 16.6. The Morgan fingerprint density at radius 2 is 1.86 bits per heavy atom. The second-order valence-corrected chi connectivity index (χ2v) is 10.7. The molecule has 0 bridgehead atoms. The van der Waals surface area contributed by atoms with E-state index in [9.17, 15) is 9.59 Å². The Balaban J connectivity index is 1.31. The van der Waals surface area contributed by atoms with Crippen LogP contribution in [0.1, 0.15) is 49.5 Å². The maximum absolute atomic E-state index is 12.8. The van der Waals surface area contributed by atoms with Crippen molar-refractivity contribution in [1.82, 2.24) is 24.9 Å². The third kappa shape index (κ3) is 6.95. The number of benzene rings is 1. The third-order valence-electron chi connectivity index (χ3n) is 6.67. The molecule has 2 aliphatic rings. The maximum Gasteiger partial charge on any atom is 0.410 e. The van der Waals surface area contributed by atoms with Crippen LogP contribution in [0.15, 0.2) is 18.3 Å². The number of fused-ring (bicyclic) bond motifs is 1. The van der Waals surface area contributed by atoms with Crippen molar-refractivity contribution >= 4 is 22.9 Å². The van der Waals surface area contributed by atoms with E-state index in [0.717, 1.165) is 68.7 Å². The molecule has 2 aliphatic heterocycles. The number of amides is 2. The number of nitrogens with zero attached hydrogens (tertiary/aromatic N) is 4. The van der Waals surface area contributed by atoms with Crippen molar-refractivity contribution in [3.05, 3.63) is 29.5 Å². The zero-order valence-electron chi connectivity index (χ0n) is 21.5. The number of likely N-dealkylation sites (tertiary alicyclic amines) is 1. The first-order valence-electron chi connectivity index (χ1n) is 12.7. The highest BCUT2D eigenvalue weighted by Crippen LogP contribution is 2.23. The summed E-state index contributed by atoms with van der Waals surface area (Å²) in [7, 11) is 0. The standard InChI is InChI=1S/C26H39N5O4/c1-19-15-23-21(16-22(19)24(32)27-7-10-29-11-13-34-14-12-29)18-31(28-23)17-20-5-8-30(9-6-20)25(33)35-26(2,3)4/h15-16,18,20H,5-14,17H2,1-4H3,(H,27,32). The van der Waals surface area contributed by atoms with E-state index < -0.39 is 5.60 Å². The number of carbonyl (C=O) groups is 2. The third-order valence-corrected chi connectivity index (χ3v) is 6.67. The summed E-state index contributed by atoms with van der Waals surface area (Å²) in [5, 5.41) is 8.79. The van der Waals surface area contributed by atoms with Gasteiger partial charge in [-0.3, -0.25) is 14.4 Å². The second kappa shape index (κ2) is 11.0. The van der Waals surface area contributed by atoms with Gasteiger partial charge in [-0.05, 0) is 64.2 Å². The van der Waals surface area contributed by atoms with Crippen molar-refractivity contribution in [3.63, 3.8) is 0 Å². The van der Waals surface area contributed by atoms with Crippen molar-refractivity contribution < 1.29 is 19.1 Å². The Morgan fingerprint density at radius 1 is 1.14 bits per heavy atom. The zero-order chi connectivity index (χ0) is 25.0. The summed E-state index contributed by atoms with van der Waals surface area (Å²) >= 11 is 0. The molecular weight excluding hydrogens is 446 g/mol.